The van der Waals surface area contributed by atoms with Gasteiger partial charge in [-0.3, -0.25) is 9.36 Å². The fraction of sp³-hybridized carbons (Fsp3) is 0.441. The summed E-state index contributed by atoms with van der Waals surface area (Å²) < 4.78 is 23.3. The van der Waals surface area contributed by atoms with Gasteiger partial charge in [-0.1, -0.05) is 81.4 Å². The summed E-state index contributed by atoms with van der Waals surface area (Å²) in [7, 11) is 0.455. The molecule has 0 amide bonds. The first-order valence-corrected chi connectivity index (χ1v) is 18.4. The van der Waals surface area contributed by atoms with Crippen LogP contribution in [0.4, 0.5) is 0 Å². The van der Waals surface area contributed by atoms with Crippen molar-refractivity contribution in [1.82, 2.24) is 19.6 Å². The number of nitrogens with zero attached hydrogens (tertiary/aromatic N) is 5. The Labute approximate surface area is 273 Å². The molecule has 45 heavy (non-hydrogen) atoms. The molecule has 1 aliphatic heterocycles. The molecule has 8 nitrogen and oxygen atoms in total. The zero-order valence-electron chi connectivity index (χ0n) is 27.9. The lowest BCUT2D eigenvalue weighted by Gasteiger charge is -2.43. The van der Waals surface area contributed by atoms with Gasteiger partial charge in [0, 0.05) is 31.1 Å². The molecule has 236 valence electrons. The first kappa shape index (κ1) is 33.2. The van der Waals surface area contributed by atoms with Crippen molar-refractivity contribution in [2.45, 2.75) is 82.8 Å². The molecule has 0 unspecified atom stereocenters. The van der Waals surface area contributed by atoms with Crippen LogP contribution in [0.15, 0.2) is 66.7 Å². The third-order valence-electron chi connectivity index (χ3n) is 9.12. The van der Waals surface area contributed by atoms with Crippen LogP contribution in [0.25, 0.3) is 0 Å². The lowest BCUT2D eigenvalue weighted by atomic mass is 9.77. The summed E-state index contributed by atoms with van der Waals surface area (Å²) in [6.45, 7) is 15.4. The maximum Gasteiger partial charge on any atom is 0.499 e. The molecule has 0 saturated carbocycles. The molecular weight excluding hydrogens is 597 g/mol. The predicted molar refractivity (Wildman–Crippen MR) is 184 cm³/mol. The smallest absolute Gasteiger partial charge is 0.402 e. The van der Waals surface area contributed by atoms with E-state index in [2.05, 4.69) is 98.7 Å². The number of aromatic nitrogens is 4. The molecule has 2 aromatic carbocycles. The molecule has 11 heteroatoms. The lowest BCUT2D eigenvalue weighted by Crippen LogP contribution is -2.66. The Bertz CT molecular complexity index is 1620. The molecule has 0 radical (unpaired) electrons. The van der Waals surface area contributed by atoms with Crippen molar-refractivity contribution in [2.24, 2.45) is 14.1 Å². The van der Waals surface area contributed by atoms with Crippen molar-refractivity contribution in [2.75, 3.05) is 0 Å². The molecule has 0 bridgehead atoms. The number of hydrogen-bond acceptors (Lipinski definition) is 7. The van der Waals surface area contributed by atoms with Gasteiger partial charge in [0.2, 0.25) is 0 Å². The van der Waals surface area contributed by atoms with Gasteiger partial charge in [-0.05, 0) is 49.2 Å². The Hall–Kier alpha value is -3.14. The van der Waals surface area contributed by atoms with Crippen molar-refractivity contribution in [1.29, 1.82) is 5.26 Å². The summed E-state index contributed by atoms with van der Waals surface area (Å²) in [6, 6.07) is 25.8. The van der Waals surface area contributed by atoms with E-state index in [1.807, 2.05) is 39.4 Å². The summed E-state index contributed by atoms with van der Waals surface area (Å²) in [5, 5.41) is 21.8. The maximum atomic E-state index is 9.92. The number of aryl methyl sites for hydroxylation is 2. The first-order chi connectivity index (χ1) is 21.2. The summed E-state index contributed by atoms with van der Waals surface area (Å²) in [6.07, 6.45) is 0. The van der Waals surface area contributed by atoms with Gasteiger partial charge in [0.25, 0.3) is 8.32 Å². The van der Waals surface area contributed by atoms with Gasteiger partial charge in [0.15, 0.2) is 0 Å². The minimum absolute atomic E-state index is 0.104. The van der Waals surface area contributed by atoms with E-state index in [9.17, 15) is 5.26 Å². The Morgan fingerprint density at radius 1 is 0.889 bits per heavy atom. The van der Waals surface area contributed by atoms with Crippen LogP contribution in [-0.2, 0) is 45.9 Å². The fourth-order valence-corrected chi connectivity index (χ4v) is 11.4. The number of nitriles is 1. The maximum absolute atomic E-state index is 9.92. The van der Waals surface area contributed by atoms with Crippen LogP contribution in [0.5, 0.6) is 0 Å². The SMILES string of the molecule is Cn1nc(CSCc2nn(C)c(C#N)c2B2OC(C)(C)C(C)(C)O2)cc1CO[Si](c1ccccc1)(c1ccccc1)C(C)(C)C. The molecule has 1 aliphatic rings. The number of thioether (sulfide) groups is 1. The zero-order valence-corrected chi connectivity index (χ0v) is 29.7. The van der Waals surface area contributed by atoms with E-state index in [1.165, 1.54) is 10.4 Å². The third kappa shape index (κ3) is 6.31. The summed E-state index contributed by atoms with van der Waals surface area (Å²) >= 11 is 1.70. The van der Waals surface area contributed by atoms with E-state index in [-0.39, 0.29) is 5.04 Å². The zero-order chi connectivity index (χ0) is 32.6. The second-order valence-corrected chi connectivity index (χ2v) is 19.0. The molecule has 5 rings (SSSR count). The Kier molecular flexibility index (Phi) is 9.28. The highest BCUT2D eigenvalue weighted by atomic mass is 32.2. The second-order valence-electron chi connectivity index (χ2n) is 13.7. The van der Waals surface area contributed by atoms with Gasteiger partial charge in [-0.25, -0.2) is 0 Å². The molecule has 1 fully saturated rings. The van der Waals surface area contributed by atoms with Gasteiger partial charge in [0.1, 0.15) is 11.8 Å². The van der Waals surface area contributed by atoms with Gasteiger partial charge in [0.05, 0.1) is 34.9 Å². The molecule has 0 N–H and O–H groups in total. The van der Waals surface area contributed by atoms with E-state index in [1.54, 1.807) is 23.5 Å². The van der Waals surface area contributed by atoms with E-state index < -0.39 is 26.6 Å². The van der Waals surface area contributed by atoms with Crippen molar-refractivity contribution >= 4 is 43.0 Å². The standard InChI is InChI=1S/C34H44BN5O3SSi/c1-32(2,3)45(27-16-12-10-13-17-27,28-18-14-11-15-19-28)41-22-26-20-25(37-39(26)8)23-44-24-29-31(30(21-36)40(9)38-29)35-42-33(4,5)34(6,7)43-35/h10-20H,22-24H2,1-9H3. The highest BCUT2D eigenvalue weighted by Gasteiger charge is 2.54. The fourth-order valence-electron chi connectivity index (χ4n) is 6.02. The van der Waals surface area contributed by atoms with Crippen molar-refractivity contribution < 1.29 is 13.7 Å². The van der Waals surface area contributed by atoms with Crippen molar-refractivity contribution in [3.05, 3.63) is 89.5 Å². The molecule has 3 heterocycles. The molecule has 0 atom stereocenters. The first-order valence-electron chi connectivity index (χ1n) is 15.4. The second kappa shape index (κ2) is 12.6. The van der Waals surface area contributed by atoms with E-state index >= 15 is 0 Å². The van der Waals surface area contributed by atoms with E-state index in [0.29, 0.717) is 29.3 Å². The topological polar surface area (TPSA) is 87.1 Å². The highest BCUT2D eigenvalue weighted by molar-refractivity contribution is 7.97. The van der Waals surface area contributed by atoms with Crippen LogP contribution in [0.2, 0.25) is 5.04 Å². The Morgan fingerprint density at radius 2 is 1.44 bits per heavy atom. The van der Waals surface area contributed by atoms with Crippen LogP contribution < -0.4 is 15.8 Å². The summed E-state index contributed by atoms with van der Waals surface area (Å²) in [5.41, 5.74) is 2.95. The lowest BCUT2D eigenvalue weighted by molar-refractivity contribution is 0.00578. The summed E-state index contributed by atoms with van der Waals surface area (Å²) in [5.74, 6) is 1.29. The van der Waals surface area contributed by atoms with Crippen LogP contribution in [-0.4, -0.2) is 46.2 Å². The Balaban J connectivity index is 1.33. The third-order valence-corrected chi connectivity index (χ3v) is 15.1. The van der Waals surface area contributed by atoms with Crippen molar-refractivity contribution in [3.8, 4) is 6.07 Å². The van der Waals surface area contributed by atoms with Crippen LogP contribution in [0.1, 0.15) is 71.2 Å². The van der Waals surface area contributed by atoms with Gasteiger partial charge >= 0.3 is 7.12 Å². The van der Waals surface area contributed by atoms with Crippen molar-refractivity contribution in [3.63, 3.8) is 0 Å². The molecule has 0 aliphatic carbocycles. The van der Waals surface area contributed by atoms with Crippen LogP contribution in [0.3, 0.4) is 0 Å². The summed E-state index contributed by atoms with van der Waals surface area (Å²) in [4.78, 5) is 0. The average Bonchev–Trinajstić information content (AvgIpc) is 3.57. The largest absolute Gasteiger partial charge is 0.499 e. The van der Waals surface area contributed by atoms with Crippen LogP contribution in [0, 0.1) is 11.3 Å². The highest BCUT2D eigenvalue weighted by Crippen LogP contribution is 2.38. The van der Waals surface area contributed by atoms with E-state index in [4.69, 9.17) is 18.8 Å². The van der Waals surface area contributed by atoms with Gasteiger partial charge in [-0.15, -0.1) is 11.8 Å². The molecule has 2 aromatic heterocycles. The van der Waals surface area contributed by atoms with Gasteiger partial charge < -0.3 is 13.7 Å². The monoisotopic (exact) mass is 641 g/mol. The minimum atomic E-state index is -2.67. The average molecular weight is 642 g/mol. The number of rotatable bonds is 10. The predicted octanol–water partition coefficient (Wildman–Crippen LogP) is 4.83. The van der Waals surface area contributed by atoms with Gasteiger partial charge in [-0.2, -0.15) is 15.5 Å². The molecule has 0 spiro atoms. The Morgan fingerprint density at radius 3 is 1.96 bits per heavy atom. The van der Waals surface area contributed by atoms with E-state index in [0.717, 1.165) is 17.1 Å². The normalized spacial score (nSPS) is 16.2. The molecule has 4 aromatic rings. The van der Waals surface area contributed by atoms with Crippen LogP contribution >= 0.6 is 11.8 Å². The number of benzene rings is 2. The molecular formula is C34H44BN5O3SSi. The quantitative estimate of drug-likeness (QED) is 0.229. The molecule has 1 saturated heterocycles. The number of hydrogen-bond donors (Lipinski definition) is 0. The minimum Gasteiger partial charge on any atom is -0.402 e.